The standard InChI is InChI=1S/2C14H11.2C5H5.2C3H6.2ClH.2Zr/c2*1-10-5-4-7-12-9-11-6-2-3-8-13(11)14(10)12;2*1-2-4-5-3-1;2*1-3-2;;;;/h2*2-6,8H,9H2,1H3;2*1-3H,4H2;2*1-2H3;2*1H;;/q4*-1;;;;;2*+2/p-2. The van der Waals surface area contributed by atoms with Crippen LogP contribution in [0.3, 0.4) is 0 Å². The van der Waals surface area contributed by atoms with Crippen LogP contribution in [0.15, 0.2) is 109 Å². The molecule has 0 unspecified atom stereocenters. The molecule has 4 aliphatic rings. The van der Waals surface area contributed by atoms with Crippen LogP contribution < -0.4 is 24.8 Å². The fraction of sp³-hybridized carbons (Fsp3) is 0.227. The summed E-state index contributed by atoms with van der Waals surface area (Å²) < 4.78 is 3.01. The first-order valence-electron chi connectivity index (χ1n) is 15.8. The van der Waals surface area contributed by atoms with Crippen molar-refractivity contribution < 1.29 is 73.3 Å². The Hall–Kier alpha value is -2.07. The first-order valence-corrected chi connectivity index (χ1v) is 18.3. The van der Waals surface area contributed by atoms with E-state index in [1.165, 1.54) is 62.0 Å². The zero-order valence-corrected chi connectivity index (χ0v) is 35.4. The van der Waals surface area contributed by atoms with Gasteiger partial charge in [-0.25, -0.2) is 24.3 Å². The third-order valence-corrected chi connectivity index (χ3v) is 7.05. The molecule has 0 nitrogen and oxygen atoms in total. The van der Waals surface area contributed by atoms with Crippen LogP contribution in [-0.2, 0) is 61.3 Å². The molecule has 4 aromatic rings. The van der Waals surface area contributed by atoms with Crippen LogP contribution in [-0.4, -0.2) is 6.41 Å². The molecule has 0 N–H and O–H groups in total. The minimum atomic E-state index is 0. The predicted molar refractivity (Wildman–Crippen MR) is 192 cm³/mol. The van der Waals surface area contributed by atoms with Crippen molar-refractivity contribution >= 4 is 6.41 Å². The summed E-state index contributed by atoms with van der Waals surface area (Å²) in [5.41, 5.74) is 13.9. The normalized spacial score (nSPS) is 12.0. The van der Waals surface area contributed by atoms with Gasteiger partial charge in [0.25, 0.3) is 0 Å². The average Bonchev–Trinajstić information content (AvgIpc) is 3.85. The van der Waals surface area contributed by atoms with E-state index in [0.29, 0.717) is 0 Å². The van der Waals surface area contributed by atoms with E-state index in [1.54, 1.807) is 48.5 Å². The molecule has 0 fully saturated rings. The van der Waals surface area contributed by atoms with Crippen LogP contribution in [0.1, 0.15) is 73.9 Å². The monoisotopic (exact) mass is 822 g/mol. The number of aryl methyl sites for hydroxylation is 2. The first-order chi connectivity index (χ1) is 22.2. The Bertz CT molecular complexity index is 1580. The van der Waals surface area contributed by atoms with Gasteiger partial charge in [-0.3, -0.25) is 12.2 Å². The zero-order chi connectivity index (χ0) is 33.3. The molecule has 0 atom stereocenters. The summed E-state index contributed by atoms with van der Waals surface area (Å²) >= 11 is 3.11. The number of fused-ring (bicyclic) bond motifs is 6. The van der Waals surface area contributed by atoms with Gasteiger partial charge in [-0.1, -0.05) is 84.6 Å². The van der Waals surface area contributed by atoms with Gasteiger partial charge in [0.2, 0.25) is 0 Å². The SMILES string of the molecule is C[C](C)=[Zr+2].C[C](C)=[Zr+2].Cc1cc[c-]c2c1-c1ccccc1C2.Cc1cc[c-]c2c1-c1ccccc1C2.[C-]1=CC=CC1.[C-]1=CC=CC1.[Cl-].[Cl-]. The fourth-order valence-corrected chi connectivity index (χ4v) is 5.25. The molecular formula is C44H44Cl2Zr2-2. The van der Waals surface area contributed by atoms with Crippen molar-refractivity contribution in [3.63, 3.8) is 0 Å². The van der Waals surface area contributed by atoms with Crippen molar-refractivity contribution in [1.82, 2.24) is 0 Å². The van der Waals surface area contributed by atoms with Gasteiger partial charge in [0.05, 0.1) is 0 Å². The van der Waals surface area contributed by atoms with Crippen molar-refractivity contribution in [1.29, 1.82) is 0 Å². The Balaban J connectivity index is 0.000000314. The maximum atomic E-state index is 3.34. The van der Waals surface area contributed by atoms with Crippen molar-refractivity contribution in [2.75, 3.05) is 0 Å². The largest absolute Gasteiger partial charge is 1.00 e. The Morgan fingerprint density at radius 1 is 0.562 bits per heavy atom. The molecule has 0 spiro atoms. The molecule has 244 valence electrons. The second kappa shape index (κ2) is 24.1. The van der Waals surface area contributed by atoms with Crippen molar-refractivity contribution in [2.45, 2.75) is 67.2 Å². The Morgan fingerprint density at radius 3 is 1.21 bits per heavy atom. The van der Waals surface area contributed by atoms with Gasteiger partial charge in [-0.05, 0) is 12.8 Å². The van der Waals surface area contributed by atoms with E-state index in [0.717, 1.165) is 25.7 Å². The zero-order valence-electron chi connectivity index (χ0n) is 29.0. The molecule has 4 aliphatic carbocycles. The van der Waals surface area contributed by atoms with Crippen LogP contribution in [0.2, 0.25) is 0 Å². The quantitative estimate of drug-likeness (QED) is 0.193. The Morgan fingerprint density at radius 2 is 0.917 bits per heavy atom. The molecule has 0 amide bonds. The topological polar surface area (TPSA) is 0 Å². The van der Waals surface area contributed by atoms with Gasteiger partial charge in [0.15, 0.2) is 0 Å². The summed E-state index contributed by atoms with van der Waals surface area (Å²) in [7, 11) is 0. The molecule has 0 bridgehead atoms. The van der Waals surface area contributed by atoms with Crippen molar-refractivity contribution in [2.24, 2.45) is 0 Å². The van der Waals surface area contributed by atoms with Crippen LogP contribution in [0.25, 0.3) is 22.3 Å². The summed E-state index contributed by atoms with van der Waals surface area (Å²) in [6, 6.07) is 32.3. The summed E-state index contributed by atoms with van der Waals surface area (Å²) in [6.07, 6.45) is 22.1. The van der Waals surface area contributed by atoms with E-state index >= 15 is 0 Å². The summed E-state index contributed by atoms with van der Waals surface area (Å²) in [5, 5.41) is 0. The van der Waals surface area contributed by atoms with Crippen LogP contribution >= 0.6 is 0 Å². The third-order valence-electron chi connectivity index (χ3n) is 7.05. The molecule has 4 aromatic carbocycles. The number of benzene rings is 4. The molecule has 4 heteroatoms. The van der Waals surface area contributed by atoms with Gasteiger partial charge in [-0.15, -0.1) is 35.1 Å². The minimum absolute atomic E-state index is 0. The van der Waals surface area contributed by atoms with E-state index in [2.05, 4.69) is 139 Å². The molecule has 0 aromatic heterocycles. The van der Waals surface area contributed by atoms with Crippen LogP contribution in [0.4, 0.5) is 0 Å². The molecule has 0 saturated heterocycles. The molecule has 0 radical (unpaired) electrons. The van der Waals surface area contributed by atoms with E-state index in [4.69, 9.17) is 0 Å². The second-order valence-electron chi connectivity index (χ2n) is 11.7. The van der Waals surface area contributed by atoms with Crippen molar-refractivity contribution in [3.8, 4) is 22.3 Å². The van der Waals surface area contributed by atoms with E-state index in [1.807, 2.05) is 36.4 Å². The van der Waals surface area contributed by atoms with E-state index in [-0.39, 0.29) is 24.8 Å². The fourth-order valence-electron chi connectivity index (χ4n) is 5.25. The Labute approximate surface area is 333 Å². The molecule has 0 saturated carbocycles. The minimum Gasteiger partial charge on any atom is -1.00 e. The summed E-state index contributed by atoms with van der Waals surface area (Å²) in [6.45, 7) is 12.8. The Kier molecular flexibility index (Phi) is 22.1. The number of halogens is 2. The molecule has 0 heterocycles. The predicted octanol–water partition coefficient (Wildman–Crippen LogP) is 4.84. The van der Waals surface area contributed by atoms with E-state index in [9.17, 15) is 0 Å². The van der Waals surface area contributed by atoms with E-state index < -0.39 is 0 Å². The maximum absolute atomic E-state index is 3.34. The summed E-state index contributed by atoms with van der Waals surface area (Å²) in [5.74, 6) is 0. The summed E-state index contributed by atoms with van der Waals surface area (Å²) in [4.78, 5) is 0. The van der Waals surface area contributed by atoms with Gasteiger partial charge in [0.1, 0.15) is 0 Å². The third kappa shape index (κ3) is 14.8. The number of rotatable bonds is 0. The average molecular weight is 826 g/mol. The molecule has 0 aliphatic heterocycles. The number of hydrogen-bond donors (Lipinski definition) is 0. The second-order valence-corrected chi connectivity index (χ2v) is 16.6. The number of allylic oxidation sites excluding steroid dienone is 8. The number of hydrogen-bond acceptors (Lipinski definition) is 0. The first kappa shape index (κ1) is 43.9. The smallest absolute Gasteiger partial charge is 0.0253 e. The van der Waals surface area contributed by atoms with Gasteiger partial charge < -0.3 is 24.8 Å². The molecule has 8 rings (SSSR count). The maximum Gasteiger partial charge on any atom is -0.0253 e. The molecular weight excluding hydrogens is 782 g/mol. The van der Waals surface area contributed by atoms with Gasteiger partial charge in [-0.2, -0.15) is 59.7 Å². The van der Waals surface area contributed by atoms with Crippen molar-refractivity contribution in [3.05, 3.63) is 167 Å². The van der Waals surface area contributed by atoms with Crippen LogP contribution in [0.5, 0.6) is 0 Å². The van der Waals surface area contributed by atoms with Crippen LogP contribution in [0, 0.1) is 38.1 Å². The van der Waals surface area contributed by atoms with Gasteiger partial charge >= 0.3 is 82.6 Å². The van der Waals surface area contributed by atoms with Gasteiger partial charge in [0, 0.05) is 0 Å². The molecule has 48 heavy (non-hydrogen) atoms.